The fourth-order valence-corrected chi connectivity index (χ4v) is 2.68. The van der Waals surface area contributed by atoms with Gasteiger partial charge in [-0.3, -0.25) is 4.79 Å². The predicted octanol–water partition coefficient (Wildman–Crippen LogP) is 2.36. The fraction of sp³-hybridized carbons (Fsp3) is 0.462. The fourth-order valence-electron chi connectivity index (χ4n) is 2.31. The van der Waals surface area contributed by atoms with E-state index in [9.17, 15) is 4.79 Å². The van der Waals surface area contributed by atoms with Gasteiger partial charge in [-0.25, -0.2) is 0 Å². The van der Waals surface area contributed by atoms with Gasteiger partial charge in [0.2, 0.25) is 0 Å². The summed E-state index contributed by atoms with van der Waals surface area (Å²) in [6.07, 6.45) is 0.759. The van der Waals surface area contributed by atoms with Gasteiger partial charge in [-0.05, 0) is 30.0 Å². The third-order valence-corrected chi connectivity index (χ3v) is 3.82. The topological polar surface area (TPSA) is 35.5 Å². The van der Waals surface area contributed by atoms with Crippen LogP contribution >= 0.6 is 11.6 Å². The molecule has 0 radical (unpaired) electrons. The number of alkyl halides is 1. The number of hydrogen-bond donors (Lipinski definition) is 0. The number of ether oxygens (including phenoxy) is 2. The minimum atomic E-state index is -0.539. The van der Waals surface area contributed by atoms with E-state index < -0.39 is 5.41 Å². The molecule has 0 unspecified atom stereocenters. The molecule has 1 aromatic carbocycles. The molecule has 0 aromatic heterocycles. The zero-order valence-corrected chi connectivity index (χ0v) is 10.7. The number of esters is 1. The Morgan fingerprint density at radius 2 is 2.06 bits per heavy atom. The highest BCUT2D eigenvalue weighted by molar-refractivity contribution is 6.18. The minimum Gasteiger partial charge on any atom is -0.497 e. The van der Waals surface area contributed by atoms with E-state index in [4.69, 9.17) is 21.1 Å². The highest BCUT2D eigenvalue weighted by atomic mass is 35.5. The number of carbonyl (C=O) groups is 1. The molecule has 1 aliphatic carbocycles. The lowest BCUT2D eigenvalue weighted by molar-refractivity contribution is -0.144. The summed E-state index contributed by atoms with van der Waals surface area (Å²) in [4.78, 5) is 11.9. The van der Waals surface area contributed by atoms with E-state index in [0.717, 1.165) is 17.7 Å². The van der Waals surface area contributed by atoms with E-state index in [-0.39, 0.29) is 11.9 Å². The summed E-state index contributed by atoms with van der Waals surface area (Å²) in [5.41, 5.74) is 0.416. The molecular formula is C13H15ClO3. The maximum absolute atomic E-state index is 11.9. The largest absolute Gasteiger partial charge is 0.497 e. The van der Waals surface area contributed by atoms with E-state index in [1.807, 2.05) is 24.3 Å². The first-order valence-electron chi connectivity index (χ1n) is 5.48. The van der Waals surface area contributed by atoms with Crippen LogP contribution < -0.4 is 4.74 Å². The van der Waals surface area contributed by atoms with Crippen LogP contribution in [0.4, 0.5) is 0 Å². The number of benzene rings is 1. The van der Waals surface area contributed by atoms with Crippen molar-refractivity contribution in [2.75, 3.05) is 20.1 Å². The lowest BCUT2D eigenvalue weighted by Crippen LogP contribution is -2.25. The van der Waals surface area contributed by atoms with Crippen molar-refractivity contribution in [2.24, 2.45) is 5.92 Å². The Bertz CT molecular complexity index is 415. The smallest absolute Gasteiger partial charge is 0.316 e. The molecule has 1 aromatic rings. The molecule has 2 rings (SSSR count). The average Bonchev–Trinajstić information content (AvgIpc) is 3.13. The van der Waals surface area contributed by atoms with Crippen LogP contribution in [0.1, 0.15) is 12.0 Å². The van der Waals surface area contributed by atoms with Gasteiger partial charge < -0.3 is 9.47 Å². The quantitative estimate of drug-likeness (QED) is 0.611. The van der Waals surface area contributed by atoms with Gasteiger partial charge in [0.05, 0.1) is 19.6 Å². The van der Waals surface area contributed by atoms with Crippen molar-refractivity contribution < 1.29 is 14.3 Å². The summed E-state index contributed by atoms with van der Waals surface area (Å²) in [6.45, 7) is 0. The molecule has 3 nitrogen and oxygen atoms in total. The van der Waals surface area contributed by atoms with Crippen molar-refractivity contribution in [3.05, 3.63) is 29.8 Å². The van der Waals surface area contributed by atoms with Crippen molar-refractivity contribution in [3.63, 3.8) is 0 Å². The number of carbonyl (C=O) groups excluding carboxylic acids is 1. The highest BCUT2D eigenvalue weighted by Crippen LogP contribution is 2.55. The number of rotatable bonds is 4. The SMILES string of the molecule is COC(=O)[C@]1(c2ccc(OC)cc2)C[C@@H]1CCl. The van der Waals surface area contributed by atoms with Crippen molar-refractivity contribution in [2.45, 2.75) is 11.8 Å². The Kier molecular flexibility index (Phi) is 3.29. The molecule has 0 bridgehead atoms. The zero-order valence-electron chi connectivity index (χ0n) is 9.90. The maximum atomic E-state index is 11.9. The third-order valence-electron chi connectivity index (χ3n) is 3.45. The normalized spacial score (nSPS) is 26.4. The van der Waals surface area contributed by atoms with Crippen molar-refractivity contribution in [1.29, 1.82) is 0 Å². The van der Waals surface area contributed by atoms with E-state index in [1.165, 1.54) is 7.11 Å². The van der Waals surface area contributed by atoms with Gasteiger partial charge >= 0.3 is 5.97 Å². The van der Waals surface area contributed by atoms with E-state index >= 15 is 0 Å². The third kappa shape index (κ3) is 1.89. The number of methoxy groups -OCH3 is 2. The number of hydrogen-bond acceptors (Lipinski definition) is 3. The van der Waals surface area contributed by atoms with Crippen molar-refractivity contribution >= 4 is 17.6 Å². The summed E-state index contributed by atoms with van der Waals surface area (Å²) in [6, 6.07) is 7.51. The Labute approximate surface area is 106 Å². The first kappa shape index (κ1) is 12.2. The summed E-state index contributed by atoms with van der Waals surface area (Å²) in [5.74, 6) is 1.22. The van der Waals surface area contributed by atoms with Crippen LogP contribution in [0.25, 0.3) is 0 Å². The predicted molar refractivity (Wildman–Crippen MR) is 65.5 cm³/mol. The summed E-state index contributed by atoms with van der Waals surface area (Å²) < 4.78 is 9.99. The van der Waals surface area contributed by atoms with E-state index in [2.05, 4.69) is 0 Å². The monoisotopic (exact) mass is 254 g/mol. The molecule has 4 heteroatoms. The average molecular weight is 255 g/mol. The molecule has 1 fully saturated rings. The Hall–Kier alpha value is -1.22. The van der Waals surface area contributed by atoms with Gasteiger partial charge in [0.25, 0.3) is 0 Å². The van der Waals surface area contributed by atoms with E-state index in [1.54, 1.807) is 7.11 Å². The molecule has 2 atom stereocenters. The molecular weight excluding hydrogens is 240 g/mol. The molecule has 0 heterocycles. The second kappa shape index (κ2) is 4.57. The maximum Gasteiger partial charge on any atom is 0.316 e. The molecule has 0 saturated heterocycles. The van der Waals surface area contributed by atoms with Crippen LogP contribution in [0.5, 0.6) is 5.75 Å². The summed E-state index contributed by atoms with van der Waals surface area (Å²) >= 11 is 5.86. The van der Waals surface area contributed by atoms with E-state index in [0.29, 0.717) is 5.88 Å². The van der Waals surface area contributed by atoms with Gasteiger partial charge in [0.15, 0.2) is 0 Å². The number of halogens is 1. The molecule has 0 amide bonds. The van der Waals surface area contributed by atoms with Gasteiger partial charge in [-0.15, -0.1) is 11.6 Å². The van der Waals surface area contributed by atoms with Crippen molar-refractivity contribution in [1.82, 2.24) is 0 Å². The molecule has 17 heavy (non-hydrogen) atoms. The summed E-state index contributed by atoms with van der Waals surface area (Å²) in [7, 11) is 3.03. The molecule has 92 valence electrons. The van der Waals surface area contributed by atoms with Crippen LogP contribution in [0.15, 0.2) is 24.3 Å². The van der Waals surface area contributed by atoms with Crippen LogP contribution in [0.3, 0.4) is 0 Å². The first-order valence-corrected chi connectivity index (χ1v) is 6.01. The van der Waals surface area contributed by atoms with Gasteiger partial charge in [-0.2, -0.15) is 0 Å². The molecule has 1 saturated carbocycles. The lowest BCUT2D eigenvalue weighted by Gasteiger charge is -2.15. The molecule has 0 aliphatic heterocycles. The Morgan fingerprint density at radius 3 is 2.47 bits per heavy atom. The Balaban J connectivity index is 2.31. The van der Waals surface area contributed by atoms with Crippen molar-refractivity contribution in [3.8, 4) is 5.75 Å². The molecule has 0 N–H and O–H groups in total. The standard InChI is InChI=1S/C13H15ClO3/c1-16-11-5-3-9(4-6-11)13(12(15)17-2)7-10(13)8-14/h3-6,10H,7-8H2,1-2H3/t10-,13+/m1/s1. The zero-order chi connectivity index (χ0) is 12.5. The highest BCUT2D eigenvalue weighted by Gasteiger charge is 2.61. The lowest BCUT2D eigenvalue weighted by atomic mass is 9.93. The van der Waals surface area contributed by atoms with Crippen LogP contribution in [0.2, 0.25) is 0 Å². The van der Waals surface area contributed by atoms with Gasteiger partial charge in [-0.1, -0.05) is 12.1 Å². The van der Waals surface area contributed by atoms with Crippen LogP contribution in [-0.2, 0) is 14.9 Å². The van der Waals surface area contributed by atoms with Crippen LogP contribution in [-0.4, -0.2) is 26.1 Å². The second-order valence-electron chi connectivity index (χ2n) is 4.25. The molecule has 0 spiro atoms. The minimum absolute atomic E-state index is 0.171. The van der Waals surface area contributed by atoms with Gasteiger partial charge in [0.1, 0.15) is 5.75 Å². The molecule has 1 aliphatic rings. The second-order valence-corrected chi connectivity index (χ2v) is 4.56. The first-order chi connectivity index (χ1) is 8.18. The van der Waals surface area contributed by atoms with Gasteiger partial charge in [0, 0.05) is 5.88 Å². The Morgan fingerprint density at radius 1 is 1.41 bits per heavy atom. The summed E-state index contributed by atoms with van der Waals surface area (Å²) in [5, 5.41) is 0. The van der Waals surface area contributed by atoms with Crippen LogP contribution in [0, 0.1) is 5.92 Å².